The zero-order valence-electron chi connectivity index (χ0n) is 15.9. The summed E-state index contributed by atoms with van der Waals surface area (Å²) in [6.45, 7) is 5.21. The van der Waals surface area contributed by atoms with Gasteiger partial charge in [0.05, 0.1) is 6.54 Å². The van der Waals surface area contributed by atoms with Gasteiger partial charge in [-0.05, 0) is 13.3 Å². The van der Waals surface area contributed by atoms with E-state index in [1.165, 1.54) is 102 Å². The smallest absolute Gasteiger partial charge is 0.123 e. The highest BCUT2D eigenvalue weighted by molar-refractivity contribution is 6.02. The van der Waals surface area contributed by atoms with E-state index in [2.05, 4.69) is 23.8 Å². The van der Waals surface area contributed by atoms with Crippen molar-refractivity contribution in [2.24, 2.45) is 9.98 Å². The number of hydrogen-bond acceptors (Lipinski definition) is 2. The molecule has 0 saturated carbocycles. The van der Waals surface area contributed by atoms with E-state index in [9.17, 15) is 0 Å². The first kappa shape index (κ1) is 20.4. The van der Waals surface area contributed by atoms with E-state index in [0.29, 0.717) is 0 Å². The Morgan fingerprint density at radius 3 is 1.48 bits per heavy atom. The molecule has 0 atom stereocenters. The van der Waals surface area contributed by atoms with E-state index in [0.717, 1.165) is 18.8 Å². The van der Waals surface area contributed by atoms with E-state index >= 15 is 0 Å². The van der Waals surface area contributed by atoms with Gasteiger partial charge >= 0.3 is 0 Å². The monoisotopic (exact) mass is 320 g/mol. The van der Waals surface area contributed by atoms with E-state index in [1.807, 2.05) is 0 Å². The first-order chi connectivity index (χ1) is 11.3. The first-order valence-corrected chi connectivity index (χ1v) is 10.4. The maximum Gasteiger partial charge on any atom is 0.123 e. The predicted molar refractivity (Wildman–Crippen MR) is 105 cm³/mol. The highest BCUT2D eigenvalue weighted by atomic mass is 15.0. The fourth-order valence-corrected chi connectivity index (χ4v) is 3.29. The van der Waals surface area contributed by atoms with Crippen LogP contribution in [0.25, 0.3) is 0 Å². The molecule has 1 heterocycles. The van der Waals surface area contributed by atoms with Crippen LogP contribution in [-0.2, 0) is 0 Å². The fourth-order valence-electron chi connectivity index (χ4n) is 3.29. The Kier molecular flexibility index (Phi) is 13.2. The summed E-state index contributed by atoms with van der Waals surface area (Å²) in [5.41, 5.74) is 1.18. The molecule has 1 aliphatic heterocycles. The molecule has 2 heteroatoms. The molecular weight excluding hydrogens is 280 g/mol. The van der Waals surface area contributed by atoms with Crippen molar-refractivity contribution in [2.45, 2.75) is 117 Å². The maximum atomic E-state index is 4.46. The topological polar surface area (TPSA) is 24.7 Å². The van der Waals surface area contributed by atoms with E-state index in [-0.39, 0.29) is 0 Å². The Labute approximate surface area is 145 Å². The maximum absolute atomic E-state index is 4.46. The molecule has 0 N–H and O–H groups in total. The lowest BCUT2D eigenvalue weighted by molar-refractivity contribution is 0.533. The molecule has 1 aliphatic rings. The summed E-state index contributed by atoms with van der Waals surface area (Å²) in [5.74, 6) is 1.09. The quantitative estimate of drug-likeness (QED) is 0.270. The fraction of sp³-hybridized carbons (Fsp3) is 0.905. The second-order valence-corrected chi connectivity index (χ2v) is 7.28. The van der Waals surface area contributed by atoms with Crippen molar-refractivity contribution in [3.05, 3.63) is 0 Å². The van der Waals surface area contributed by atoms with Crippen molar-refractivity contribution >= 4 is 11.5 Å². The van der Waals surface area contributed by atoms with Gasteiger partial charge in [0.2, 0.25) is 0 Å². The van der Waals surface area contributed by atoms with Crippen molar-refractivity contribution in [1.29, 1.82) is 0 Å². The first-order valence-electron chi connectivity index (χ1n) is 10.4. The molecule has 0 aromatic rings. The third-order valence-corrected chi connectivity index (χ3v) is 4.81. The van der Waals surface area contributed by atoms with E-state index in [4.69, 9.17) is 0 Å². The van der Waals surface area contributed by atoms with Gasteiger partial charge in [-0.15, -0.1) is 0 Å². The molecule has 2 nitrogen and oxygen atoms in total. The van der Waals surface area contributed by atoms with Gasteiger partial charge in [0.15, 0.2) is 0 Å². The number of unbranched alkanes of at least 4 members (excludes halogenated alkanes) is 14. The Bertz CT molecular complexity index is 331. The number of nitrogens with zero attached hydrogens (tertiary/aromatic N) is 2. The Morgan fingerprint density at radius 2 is 1.09 bits per heavy atom. The van der Waals surface area contributed by atoms with Crippen molar-refractivity contribution < 1.29 is 0 Å². The normalized spacial score (nSPS) is 14.2. The third-order valence-electron chi connectivity index (χ3n) is 4.81. The van der Waals surface area contributed by atoms with Gasteiger partial charge < -0.3 is 0 Å². The minimum Gasteiger partial charge on any atom is -0.264 e. The molecule has 0 spiro atoms. The Morgan fingerprint density at radius 1 is 0.652 bits per heavy atom. The molecule has 23 heavy (non-hydrogen) atoms. The van der Waals surface area contributed by atoms with Crippen LogP contribution in [0, 0.1) is 0 Å². The zero-order valence-corrected chi connectivity index (χ0v) is 15.9. The molecule has 0 fully saturated rings. The van der Waals surface area contributed by atoms with Crippen molar-refractivity contribution in [2.75, 3.05) is 6.54 Å². The molecule has 1 rings (SSSR count). The number of amidine groups is 1. The zero-order chi connectivity index (χ0) is 16.6. The van der Waals surface area contributed by atoms with Gasteiger partial charge in [-0.25, -0.2) is 4.99 Å². The van der Waals surface area contributed by atoms with Crippen LogP contribution in [0.2, 0.25) is 0 Å². The van der Waals surface area contributed by atoms with Gasteiger partial charge in [0.25, 0.3) is 0 Å². The Balaban J connectivity index is 1.70. The molecule has 0 aromatic heterocycles. The SMILES string of the molecule is CCCCCCCCCCCCCCCCCC1=NCC(C)=N1. The van der Waals surface area contributed by atoms with Gasteiger partial charge in [-0.1, -0.05) is 96.8 Å². The average molecular weight is 321 g/mol. The van der Waals surface area contributed by atoms with Crippen molar-refractivity contribution in [3.8, 4) is 0 Å². The van der Waals surface area contributed by atoms with Crippen LogP contribution < -0.4 is 0 Å². The lowest BCUT2D eigenvalue weighted by atomic mass is 10.0. The summed E-state index contributed by atoms with van der Waals surface area (Å²) in [4.78, 5) is 8.89. The average Bonchev–Trinajstić information content (AvgIpc) is 2.96. The van der Waals surface area contributed by atoms with Crippen LogP contribution in [0.3, 0.4) is 0 Å². The molecule has 0 aromatic carbocycles. The Hall–Kier alpha value is -0.660. The number of aliphatic imine (C=N–C) groups is 2. The summed E-state index contributed by atoms with van der Waals surface area (Å²) >= 11 is 0. The van der Waals surface area contributed by atoms with Crippen LogP contribution in [0.4, 0.5) is 0 Å². The lowest BCUT2D eigenvalue weighted by Gasteiger charge is -2.03. The summed E-state index contributed by atoms with van der Waals surface area (Å²) in [6.07, 6.45) is 22.5. The number of rotatable bonds is 16. The molecule has 0 radical (unpaired) electrons. The van der Waals surface area contributed by atoms with Crippen LogP contribution in [0.1, 0.15) is 117 Å². The van der Waals surface area contributed by atoms with Crippen LogP contribution >= 0.6 is 0 Å². The molecular formula is C21H40N2. The largest absolute Gasteiger partial charge is 0.264 e. The molecule has 0 aliphatic carbocycles. The second-order valence-electron chi connectivity index (χ2n) is 7.28. The van der Waals surface area contributed by atoms with Gasteiger partial charge in [-0.2, -0.15) is 0 Å². The second kappa shape index (κ2) is 14.9. The highest BCUT2D eigenvalue weighted by Gasteiger charge is 2.04. The predicted octanol–water partition coefficient (Wildman–Crippen LogP) is 7.12. The molecule has 134 valence electrons. The van der Waals surface area contributed by atoms with Crippen LogP contribution in [0.5, 0.6) is 0 Å². The molecule has 0 saturated heterocycles. The summed E-state index contributed by atoms with van der Waals surface area (Å²) < 4.78 is 0. The number of hydrogen-bond donors (Lipinski definition) is 0. The van der Waals surface area contributed by atoms with Crippen molar-refractivity contribution in [1.82, 2.24) is 0 Å². The standard InChI is InChI=1S/C21H40N2/c1-3-4-5-6-7-8-9-10-11-12-13-14-15-16-17-18-21-22-19-20(2)23-21/h3-19H2,1-2H3. The lowest BCUT2D eigenvalue weighted by Crippen LogP contribution is -1.91. The highest BCUT2D eigenvalue weighted by Crippen LogP contribution is 2.14. The summed E-state index contributed by atoms with van der Waals surface area (Å²) in [5, 5.41) is 0. The van der Waals surface area contributed by atoms with Gasteiger partial charge in [0.1, 0.15) is 5.84 Å². The van der Waals surface area contributed by atoms with Crippen molar-refractivity contribution in [3.63, 3.8) is 0 Å². The van der Waals surface area contributed by atoms with E-state index in [1.54, 1.807) is 0 Å². The third kappa shape index (κ3) is 12.4. The minimum absolute atomic E-state index is 0.841. The molecule has 0 unspecified atom stereocenters. The van der Waals surface area contributed by atoms with E-state index < -0.39 is 0 Å². The molecule has 0 bridgehead atoms. The van der Waals surface area contributed by atoms with Crippen LogP contribution in [0.15, 0.2) is 9.98 Å². The summed E-state index contributed by atoms with van der Waals surface area (Å²) in [6, 6.07) is 0. The van der Waals surface area contributed by atoms with Gasteiger partial charge in [0, 0.05) is 12.1 Å². The molecule has 0 amide bonds. The van der Waals surface area contributed by atoms with Crippen LogP contribution in [-0.4, -0.2) is 18.1 Å². The minimum atomic E-state index is 0.841. The van der Waals surface area contributed by atoms with Gasteiger partial charge in [-0.3, -0.25) is 4.99 Å². The summed E-state index contributed by atoms with van der Waals surface area (Å²) in [7, 11) is 0.